The maximum absolute atomic E-state index is 12.1. The first kappa shape index (κ1) is 56.4. The number of morpholine rings is 2. The van der Waals surface area contributed by atoms with Gasteiger partial charge >= 0.3 is 0 Å². The van der Waals surface area contributed by atoms with Crippen molar-refractivity contribution in [1.29, 1.82) is 0 Å². The molecule has 12 rings (SSSR count). The number of ether oxygens (including phenoxy) is 4. The molecule has 2 atom stereocenters. The van der Waals surface area contributed by atoms with Gasteiger partial charge in [0, 0.05) is 156 Å². The molecule has 0 aromatic carbocycles. The van der Waals surface area contributed by atoms with Gasteiger partial charge in [0.25, 0.3) is 0 Å². The number of rotatable bonds is 13. The summed E-state index contributed by atoms with van der Waals surface area (Å²) >= 11 is 6.56. The Labute approximate surface area is 464 Å². The third-order valence-corrected chi connectivity index (χ3v) is 17.3. The van der Waals surface area contributed by atoms with Crippen LogP contribution in [0.2, 0.25) is 5.28 Å². The number of hydrogen-bond donors (Lipinski definition) is 3. The summed E-state index contributed by atoms with van der Waals surface area (Å²) < 4.78 is 75.5. The number of nitrogens with zero attached hydrogens (tertiary/aromatic N) is 17. The lowest BCUT2D eigenvalue weighted by Gasteiger charge is -2.34. The molecule has 79 heavy (non-hydrogen) atoms. The second-order valence-corrected chi connectivity index (χ2v) is 24.2. The third-order valence-electron chi connectivity index (χ3n) is 14.4. The summed E-state index contributed by atoms with van der Waals surface area (Å²) in [5.41, 5.74) is 4.34. The minimum Gasteiger partial charge on any atom is -0.381 e. The second kappa shape index (κ2) is 25.3. The zero-order chi connectivity index (χ0) is 55.1. The fourth-order valence-corrected chi connectivity index (χ4v) is 12.0. The summed E-state index contributed by atoms with van der Waals surface area (Å²) in [6.07, 6.45) is 11.4. The zero-order valence-corrected chi connectivity index (χ0v) is 47.4. The van der Waals surface area contributed by atoms with Crippen molar-refractivity contribution in [2.45, 2.75) is 25.9 Å². The van der Waals surface area contributed by atoms with Gasteiger partial charge in [0.1, 0.15) is 0 Å². The largest absolute Gasteiger partial charge is 0.381 e. The van der Waals surface area contributed by atoms with E-state index in [4.69, 9.17) is 55.5 Å². The van der Waals surface area contributed by atoms with Crippen molar-refractivity contribution in [3.8, 4) is 22.8 Å². The standard InChI is InChI=1S/C24H34N10O4S.C19H23ClN8O2.C5H12N2O2S/c1-25-23-26-13-18(14-27-23)20-29-21(31-8-11-37-12-9-31)19-22(30-20)34(15-17-3-10-38-16-17)24(28-19)32-4-6-33(7-5-32)39(2,35)36;1-21-19-22-8-13(9-23-19)15-25-16(27-3-6-29-7-4-27)14-17(26-15)28(18(20)24-14)10-12-2-5-30-11-12;1-10(8,9)7-4-2-6-3-5-7/h13-14,17H,3-12,15-16H2,1-2H3,(H,25,26,27);8-9,12H,2-7,10-11H2,1H3,(H,21,22,23);6H,2-5H2,1H3. The highest BCUT2D eigenvalue weighted by molar-refractivity contribution is 7.88. The summed E-state index contributed by atoms with van der Waals surface area (Å²) in [6, 6.07) is 0. The molecular formula is C48H69ClN20O8S2. The Morgan fingerprint density at radius 2 is 0.987 bits per heavy atom. The number of piperazine rings is 2. The minimum atomic E-state index is -3.24. The van der Waals surface area contributed by atoms with Crippen LogP contribution >= 0.6 is 11.6 Å². The third kappa shape index (κ3) is 13.5. The van der Waals surface area contributed by atoms with Gasteiger partial charge in [-0.15, -0.1) is 0 Å². The number of imidazole rings is 2. The van der Waals surface area contributed by atoms with E-state index in [0.717, 1.165) is 98.8 Å². The van der Waals surface area contributed by atoms with Crippen LogP contribution in [0.25, 0.3) is 45.1 Å². The van der Waals surface area contributed by atoms with E-state index >= 15 is 0 Å². The van der Waals surface area contributed by atoms with E-state index in [9.17, 15) is 16.8 Å². The first-order valence-corrected chi connectivity index (χ1v) is 30.7. The topological polar surface area (TPSA) is 296 Å². The number of fused-ring (bicyclic) bond motifs is 2. The Morgan fingerprint density at radius 3 is 1.42 bits per heavy atom. The Balaban J connectivity index is 0.000000155. The van der Waals surface area contributed by atoms with Crippen LogP contribution in [0, 0.1) is 11.8 Å². The first-order chi connectivity index (χ1) is 38.2. The van der Waals surface area contributed by atoms with Crippen molar-refractivity contribution in [1.82, 2.24) is 72.9 Å². The van der Waals surface area contributed by atoms with Crippen molar-refractivity contribution < 1.29 is 35.8 Å². The Hall–Kier alpha value is -5.83. The number of nitrogens with one attached hydrogen (secondary N) is 3. The van der Waals surface area contributed by atoms with Gasteiger partial charge in [-0.2, -0.15) is 8.61 Å². The van der Waals surface area contributed by atoms with Gasteiger partial charge in [0.15, 0.2) is 45.6 Å². The number of sulfonamides is 2. The molecule has 31 heteroatoms. The first-order valence-electron chi connectivity index (χ1n) is 26.6. The van der Waals surface area contributed by atoms with Crippen LogP contribution in [0.15, 0.2) is 24.8 Å². The Morgan fingerprint density at radius 1 is 0.544 bits per heavy atom. The second-order valence-electron chi connectivity index (χ2n) is 19.9. The lowest BCUT2D eigenvalue weighted by molar-refractivity contribution is 0.122. The van der Waals surface area contributed by atoms with E-state index in [1.54, 1.807) is 38.9 Å². The van der Waals surface area contributed by atoms with Gasteiger partial charge in [-0.1, -0.05) is 0 Å². The number of halogens is 1. The molecule has 0 radical (unpaired) electrons. The SMILES string of the molecule is CNc1ncc(-c2nc(N3CCOCC3)c3nc(Cl)n(CC4CCOC4)c3n2)cn1.CNc1ncc(-c2nc(N3CCOCC3)c3nc(N4CCN(S(C)(=O)=O)CC4)n(CC4CCOC4)c3n2)cn1.CS(=O)(=O)N1CCNCC1. The molecule has 6 aliphatic heterocycles. The van der Waals surface area contributed by atoms with Gasteiger partial charge in [0.2, 0.25) is 43.2 Å². The zero-order valence-electron chi connectivity index (χ0n) is 45.0. The van der Waals surface area contributed by atoms with Crippen LogP contribution in [-0.2, 0) is 52.1 Å². The summed E-state index contributed by atoms with van der Waals surface area (Å²) in [7, 11) is -2.62. The predicted molar refractivity (Wildman–Crippen MR) is 299 cm³/mol. The maximum atomic E-state index is 12.1. The van der Waals surface area contributed by atoms with Crippen molar-refractivity contribution >= 4 is 83.5 Å². The predicted octanol–water partition coefficient (Wildman–Crippen LogP) is 0.982. The molecule has 6 aliphatic rings. The monoisotopic (exact) mass is 1150 g/mol. The molecule has 28 nitrogen and oxygen atoms in total. The van der Waals surface area contributed by atoms with Gasteiger partial charge < -0.3 is 49.6 Å². The van der Waals surface area contributed by atoms with Gasteiger partial charge in [-0.25, -0.2) is 66.7 Å². The Bertz CT molecular complexity index is 3230. The molecule has 6 aromatic heterocycles. The van der Waals surface area contributed by atoms with Crippen molar-refractivity contribution in [2.75, 3.05) is 183 Å². The summed E-state index contributed by atoms with van der Waals surface area (Å²) in [5, 5.41) is 9.36. The maximum Gasteiger partial charge on any atom is 0.222 e. The highest BCUT2D eigenvalue weighted by Crippen LogP contribution is 2.35. The minimum absolute atomic E-state index is 0.335. The van der Waals surface area contributed by atoms with E-state index in [1.165, 1.54) is 21.1 Å². The Kier molecular flexibility index (Phi) is 18.1. The van der Waals surface area contributed by atoms with Crippen molar-refractivity contribution in [3.63, 3.8) is 0 Å². The van der Waals surface area contributed by atoms with Crippen LogP contribution < -0.4 is 30.7 Å². The smallest absolute Gasteiger partial charge is 0.222 e. The molecule has 6 fully saturated rings. The van der Waals surface area contributed by atoms with Gasteiger partial charge in [-0.05, 0) is 24.4 Å². The summed E-state index contributed by atoms with van der Waals surface area (Å²) in [5.74, 6) is 5.18. The lowest BCUT2D eigenvalue weighted by Crippen LogP contribution is -2.49. The molecule has 2 unspecified atom stereocenters. The van der Waals surface area contributed by atoms with Crippen molar-refractivity contribution in [3.05, 3.63) is 30.1 Å². The van der Waals surface area contributed by atoms with E-state index < -0.39 is 20.0 Å². The molecule has 0 spiro atoms. The lowest BCUT2D eigenvalue weighted by atomic mass is 10.1. The fraction of sp³-hybridized carbons (Fsp3) is 0.625. The molecule has 3 N–H and O–H groups in total. The average molecular weight is 1150 g/mol. The molecule has 428 valence electrons. The highest BCUT2D eigenvalue weighted by atomic mass is 35.5. The average Bonchev–Trinajstić information content (AvgIpc) is 4.51. The van der Waals surface area contributed by atoms with Crippen LogP contribution in [0.1, 0.15) is 12.8 Å². The molecule has 0 amide bonds. The van der Waals surface area contributed by atoms with E-state index in [0.29, 0.717) is 150 Å². The normalized spacial score (nSPS) is 20.7. The number of anilines is 5. The molecule has 6 aromatic rings. The van der Waals surface area contributed by atoms with Crippen LogP contribution in [0.4, 0.5) is 29.5 Å². The van der Waals surface area contributed by atoms with Crippen LogP contribution in [0.5, 0.6) is 0 Å². The molecular weight excluding hydrogens is 1080 g/mol. The van der Waals surface area contributed by atoms with Crippen LogP contribution in [-0.4, -0.2) is 242 Å². The van der Waals surface area contributed by atoms with E-state index in [2.05, 4.69) is 60.1 Å². The quantitative estimate of drug-likeness (QED) is 0.136. The number of aromatic nitrogens is 12. The molecule has 0 aliphatic carbocycles. The molecule has 0 bridgehead atoms. The summed E-state index contributed by atoms with van der Waals surface area (Å²) in [4.78, 5) is 53.3. The molecule has 6 saturated heterocycles. The van der Waals surface area contributed by atoms with E-state index in [-0.39, 0.29) is 0 Å². The van der Waals surface area contributed by atoms with Crippen LogP contribution in [0.3, 0.4) is 0 Å². The van der Waals surface area contributed by atoms with E-state index in [1.807, 2.05) is 4.57 Å². The summed E-state index contributed by atoms with van der Waals surface area (Å²) in [6.45, 7) is 14.4. The van der Waals surface area contributed by atoms with Gasteiger partial charge in [0.05, 0.1) is 63.3 Å². The number of hydrogen-bond acceptors (Lipinski definition) is 24. The highest BCUT2D eigenvalue weighted by Gasteiger charge is 2.32. The molecule has 0 saturated carbocycles. The fourth-order valence-electron chi connectivity index (χ4n) is 10.1. The van der Waals surface area contributed by atoms with Crippen molar-refractivity contribution in [2.24, 2.45) is 11.8 Å². The van der Waals surface area contributed by atoms with Gasteiger partial charge in [-0.3, -0.25) is 9.13 Å². The molecule has 12 heterocycles.